The van der Waals surface area contributed by atoms with Crippen molar-refractivity contribution in [2.75, 3.05) is 29.9 Å². The zero-order valence-electron chi connectivity index (χ0n) is 11.3. The molecule has 3 rings (SSSR count). The Morgan fingerprint density at radius 3 is 2.89 bits per heavy atom. The predicted molar refractivity (Wildman–Crippen MR) is 75.3 cm³/mol. The van der Waals surface area contributed by atoms with E-state index >= 15 is 0 Å². The second-order valence-corrected chi connectivity index (χ2v) is 5.68. The van der Waals surface area contributed by atoms with E-state index in [-0.39, 0.29) is 6.10 Å². The third-order valence-electron chi connectivity index (χ3n) is 4.17. The van der Waals surface area contributed by atoms with Crippen molar-refractivity contribution in [3.8, 4) is 0 Å². The van der Waals surface area contributed by atoms with Crippen LogP contribution in [0.4, 0.5) is 11.6 Å². The maximum Gasteiger partial charge on any atom is 0.134 e. The Labute approximate surface area is 114 Å². The van der Waals surface area contributed by atoms with Crippen LogP contribution in [0.3, 0.4) is 0 Å². The number of nitrogens with zero attached hydrogens (tertiary/aromatic N) is 3. The number of nitrogens with one attached hydrogen (secondary N) is 1. The summed E-state index contributed by atoms with van der Waals surface area (Å²) in [5.41, 5.74) is 0. The first-order valence-electron chi connectivity index (χ1n) is 7.30. The van der Waals surface area contributed by atoms with Gasteiger partial charge < -0.3 is 15.3 Å². The number of hydrogen-bond donors (Lipinski definition) is 2. The van der Waals surface area contributed by atoms with Crippen LogP contribution in [0, 0.1) is 5.92 Å². The monoisotopic (exact) mass is 262 g/mol. The van der Waals surface area contributed by atoms with Gasteiger partial charge in [0.2, 0.25) is 0 Å². The molecular formula is C14H22N4O. The fraction of sp³-hybridized carbons (Fsp3) is 0.714. The molecule has 1 atom stereocenters. The van der Waals surface area contributed by atoms with Crippen molar-refractivity contribution in [1.29, 1.82) is 0 Å². The highest BCUT2D eigenvalue weighted by molar-refractivity contribution is 5.48. The van der Waals surface area contributed by atoms with Gasteiger partial charge in [-0.3, -0.25) is 0 Å². The van der Waals surface area contributed by atoms with Gasteiger partial charge in [0.25, 0.3) is 0 Å². The van der Waals surface area contributed by atoms with Crippen molar-refractivity contribution in [2.45, 2.75) is 38.2 Å². The van der Waals surface area contributed by atoms with Gasteiger partial charge in [-0.1, -0.05) is 6.42 Å². The normalized spacial score (nSPS) is 24.1. The second-order valence-electron chi connectivity index (χ2n) is 5.68. The first kappa shape index (κ1) is 12.7. The molecule has 1 unspecified atom stereocenters. The number of aliphatic hydroxyl groups is 1. The molecule has 5 nitrogen and oxygen atoms in total. The number of anilines is 2. The third-order valence-corrected chi connectivity index (χ3v) is 4.17. The molecule has 104 valence electrons. The van der Waals surface area contributed by atoms with Gasteiger partial charge in [0, 0.05) is 25.7 Å². The summed E-state index contributed by atoms with van der Waals surface area (Å²) in [6, 6.07) is 2.00. The number of rotatable bonds is 4. The fourth-order valence-electron chi connectivity index (χ4n) is 2.73. The van der Waals surface area contributed by atoms with Crippen LogP contribution in [0.1, 0.15) is 32.1 Å². The molecule has 5 heteroatoms. The van der Waals surface area contributed by atoms with Crippen molar-refractivity contribution < 1.29 is 5.11 Å². The SMILES string of the molecule is OC1CCCN(c2cc(NCC3CCC3)ncn2)C1. The molecule has 1 aromatic rings. The highest BCUT2D eigenvalue weighted by Gasteiger charge is 2.20. The van der Waals surface area contributed by atoms with Crippen LogP contribution in [0.2, 0.25) is 0 Å². The molecule has 0 spiro atoms. The minimum atomic E-state index is -0.227. The molecule has 2 heterocycles. The lowest BCUT2D eigenvalue weighted by Gasteiger charge is -2.31. The molecule has 1 aliphatic carbocycles. The van der Waals surface area contributed by atoms with Gasteiger partial charge in [0.05, 0.1) is 6.10 Å². The topological polar surface area (TPSA) is 61.3 Å². The van der Waals surface area contributed by atoms with Crippen LogP contribution in [-0.2, 0) is 0 Å². The highest BCUT2D eigenvalue weighted by Crippen LogP contribution is 2.26. The molecule has 2 N–H and O–H groups in total. The molecule has 2 fully saturated rings. The van der Waals surface area contributed by atoms with Crippen LogP contribution in [0.25, 0.3) is 0 Å². The maximum absolute atomic E-state index is 9.73. The second kappa shape index (κ2) is 5.74. The van der Waals surface area contributed by atoms with Gasteiger partial charge in [-0.2, -0.15) is 0 Å². The Bertz CT molecular complexity index is 422. The van der Waals surface area contributed by atoms with Crippen LogP contribution in [-0.4, -0.2) is 40.8 Å². The average molecular weight is 262 g/mol. The summed E-state index contributed by atoms with van der Waals surface area (Å²) in [7, 11) is 0. The fourth-order valence-corrected chi connectivity index (χ4v) is 2.73. The van der Waals surface area contributed by atoms with Gasteiger partial charge in [-0.25, -0.2) is 9.97 Å². The molecule has 1 saturated carbocycles. The molecule has 19 heavy (non-hydrogen) atoms. The van der Waals surface area contributed by atoms with Crippen molar-refractivity contribution in [3.05, 3.63) is 12.4 Å². The highest BCUT2D eigenvalue weighted by atomic mass is 16.3. The van der Waals surface area contributed by atoms with Crippen LogP contribution >= 0.6 is 0 Å². The molecule has 1 aliphatic heterocycles. The standard InChI is InChI=1S/C14H22N4O/c19-12-5-2-6-18(9-12)14-7-13(16-10-17-14)15-8-11-3-1-4-11/h7,10-12,19H,1-6,8-9H2,(H,15,16,17). The van der Waals surface area contributed by atoms with E-state index in [1.165, 1.54) is 19.3 Å². The molecule has 0 bridgehead atoms. The van der Waals surface area contributed by atoms with E-state index in [1.54, 1.807) is 6.33 Å². The Hall–Kier alpha value is -1.36. The zero-order valence-corrected chi connectivity index (χ0v) is 11.3. The van der Waals surface area contributed by atoms with E-state index in [2.05, 4.69) is 20.2 Å². The molecular weight excluding hydrogens is 240 g/mol. The van der Waals surface area contributed by atoms with Gasteiger partial charge in [-0.05, 0) is 31.6 Å². The molecule has 0 aromatic carbocycles. The first-order chi connectivity index (χ1) is 9.31. The lowest BCUT2D eigenvalue weighted by atomic mass is 9.85. The van der Waals surface area contributed by atoms with E-state index < -0.39 is 0 Å². The largest absolute Gasteiger partial charge is 0.391 e. The summed E-state index contributed by atoms with van der Waals surface area (Å²) in [5.74, 6) is 2.64. The Morgan fingerprint density at radius 1 is 1.26 bits per heavy atom. The summed E-state index contributed by atoms with van der Waals surface area (Å²) in [4.78, 5) is 10.7. The van der Waals surface area contributed by atoms with Gasteiger partial charge in [0.15, 0.2) is 0 Å². The van der Waals surface area contributed by atoms with E-state index in [0.29, 0.717) is 6.54 Å². The number of β-amino-alcohol motifs (C(OH)–C–C–N with tert-alkyl or cyclic N) is 1. The Balaban J connectivity index is 1.61. The third kappa shape index (κ3) is 3.15. The summed E-state index contributed by atoms with van der Waals surface area (Å²) >= 11 is 0. The summed E-state index contributed by atoms with van der Waals surface area (Å²) in [6.45, 7) is 2.66. The summed E-state index contributed by atoms with van der Waals surface area (Å²) in [6.07, 6.45) is 7.35. The molecule has 0 amide bonds. The van der Waals surface area contributed by atoms with E-state index in [9.17, 15) is 5.11 Å². The average Bonchev–Trinajstić information content (AvgIpc) is 2.37. The Morgan fingerprint density at radius 2 is 2.16 bits per heavy atom. The molecule has 1 aromatic heterocycles. The minimum absolute atomic E-state index is 0.227. The van der Waals surface area contributed by atoms with Crippen molar-refractivity contribution >= 4 is 11.6 Å². The molecule has 0 radical (unpaired) electrons. The van der Waals surface area contributed by atoms with Gasteiger partial charge in [0.1, 0.15) is 18.0 Å². The van der Waals surface area contributed by atoms with Gasteiger partial charge >= 0.3 is 0 Å². The first-order valence-corrected chi connectivity index (χ1v) is 7.30. The number of hydrogen-bond acceptors (Lipinski definition) is 5. The minimum Gasteiger partial charge on any atom is -0.391 e. The van der Waals surface area contributed by atoms with Crippen molar-refractivity contribution in [1.82, 2.24) is 9.97 Å². The smallest absolute Gasteiger partial charge is 0.134 e. The summed E-state index contributed by atoms with van der Waals surface area (Å²) in [5, 5.41) is 13.1. The number of aromatic nitrogens is 2. The van der Waals surface area contributed by atoms with E-state index in [4.69, 9.17) is 0 Å². The molecule has 2 aliphatic rings. The number of piperidine rings is 1. The van der Waals surface area contributed by atoms with Crippen LogP contribution < -0.4 is 10.2 Å². The van der Waals surface area contributed by atoms with Crippen molar-refractivity contribution in [2.24, 2.45) is 5.92 Å². The quantitative estimate of drug-likeness (QED) is 0.864. The van der Waals surface area contributed by atoms with Crippen LogP contribution in [0.15, 0.2) is 12.4 Å². The predicted octanol–water partition coefficient (Wildman–Crippen LogP) is 1.65. The van der Waals surface area contributed by atoms with Gasteiger partial charge in [-0.15, -0.1) is 0 Å². The van der Waals surface area contributed by atoms with E-state index in [0.717, 1.165) is 43.5 Å². The Kier molecular flexibility index (Phi) is 3.82. The number of aliphatic hydroxyl groups excluding tert-OH is 1. The van der Waals surface area contributed by atoms with Crippen molar-refractivity contribution in [3.63, 3.8) is 0 Å². The molecule has 1 saturated heterocycles. The maximum atomic E-state index is 9.73. The summed E-state index contributed by atoms with van der Waals surface area (Å²) < 4.78 is 0. The zero-order chi connectivity index (χ0) is 13.1. The van der Waals surface area contributed by atoms with Crippen LogP contribution in [0.5, 0.6) is 0 Å². The lowest BCUT2D eigenvalue weighted by Crippen LogP contribution is -2.38. The van der Waals surface area contributed by atoms with E-state index in [1.807, 2.05) is 6.07 Å². The lowest BCUT2D eigenvalue weighted by molar-refractivity contribution is 0.154.